The molecule has 2 N–H and O–H groups in total. The highest BCUT2D eigenvalue weighted by Gasteiger charge is 2.25. The number of rotatable bonds is 2. The lowest BCUT2D eigenvalue weighted by Gasteiger charge is -2.17. The van der Waals surface area contributed by atoms with Crippen molar-refractivity contribution in [3.63, 3.8) is 0 Å². The number of aliphatic imine (C=N–C) groups is 1. The second-order valence-electron chi connectivity index (χ2n) is 3.23. The first-order valence-corrected chi connectivity index (χ1v) is 6.28. The summed E-state index contributed by atoms with van der Waals surface area (Å²) in [6.45, 7) is 2.62. The Morgan fingerprint density at radius 1 is 1.38 bits per heavy atom. The molecule has 0 saturated carbocycles. The summed E-state index contributed by atoms with van der Waals surface area (Å²) in [5, 5.41) is 10.0. The first-order chi connectivity index (χ1) is 7.63. The third-order valence-corrected chi connectivity index (χ3v) is 3.33. The fraction of sp³-hybridized carbons (Fsp3) is 0.375. The molecule has 8 heteroatoms. The normalized spacial score (nSPS) is 16.9. The quantitative estimate of drug-likeness (QED) is 0.744. The van der Waals surface area contributed by atoms with Gasteiger partial charge in [0.15, 0.2) is 0 Å². The lowest BCUT2D eigenvalue weighted by Crippen LogP contribution is -2.43. The number of fused-ring (bicyclic) bond motifs is 1. The number of hydrogen-bond acceptors (Lipinski definition) is 6. The van der Waals surface area contributed by atoms with Gasteiger partial charge in [-0.05, 0) is 6.42 Å². The Bertz CT molecular complexity index is 525. The maximum absolute atomic E-state index is 11.7. The molecule has 0 spiro atoms. The van der Waals surface area contributed by atoms with Crippen LogP contribution in [0, 0.1) is 0 Å². The van der Waals surface area contributed by atoms with Gasteiger partial charge in [0, 0.05) is 6.54 Å². The molecule has 2 heterocycles. The molecule has 86 valence electrons. The lowest BCUT2D eigenvalue weighted by molar-refractivity contribution is 0.589. The summed E-state index contributed by atoms with van der Waals surface area (Å²) in [6.07, 6.45) is 3.38. The zero-order valence-electron chi connectivity index (χ0n) is 8.64. The Morgan fingerprint density at radius 2 is 2.12 bits per heavy atom. The highest BCUT2D eigenvalue weighted by Crippen LogP contribution is 2.24. The molecule has 1 aliphatic heterocycles. The third-order valence-electron chi connectivity index (χ3n) is 1.97. The lowest BCUT2D eigenvalue weighted by atomic mass is 10.5. The van der Waals surface area contributed by atoms with Crippen molar-refractivity contribution in [1.82, 2.24) is 20.2 Å². The predicted molar refractivity (Wildman–Crippen MR) is 57.7 cm³/mol. The van der Waals surface area contributed by atoms with Gasteiger partial charge in [-0.3, -0.25) is 0 Å². The van der Waals surface area contributed by atoms with Crippen molar-refractivity contribution in [3.05, 3.63) is 12.4 Å². The second kappa shape index (κ2) is 4.05. The smallest absolute Gasteiger partial charge is 0.267 e. The molecular weight excluding hydrogens is 230 g/mol. The van der Waals surface area contributed by atoms with E-state index in [0.717, 1.165) is 6.42 Å². The van der Waals surface area contributed by atoms with Crippen LogP contribution in [-0.2, 0) is 10.0 Å². The van der Waals surface area contributed by atoms with E-state index in [2.05, 4.69) is 25.2 Å². The Morgan fingerprint density at radius 3 is 2.88 bits per heavy atom. The van der Waals surface area contributed by atoms with Crippen LogP contribution in [0.1, 0.15) is 13.3 Å². The number of aromatic nitrogens is 2. The first kappa shape index (κ1) is 10.8. The van der Waals surface area contributed by atoms with Crippen molar-refractivity contribution >= 4 is 21.7 Å². The Kier molecular flexibility index (Phi) is 2.73. The van der Waals surface area contributed by atoms with Gasteiger partial charge in [0.25, 0.3) is 10.0 Å². The summed E-state index contributed by atoms with van der Waals surface area (Å²) < 4.78 is 25.8. The number of sulfonamides is 1. The highest BCUT2D eigenvalue weighted by atomic mass is 32.2. The van der Waals surface area contributed by atoms with E-state index in [4.69, 9.17) is 0 Å². The van der Waals surface area contributed by atoms with E-state index >= 15 is 0 Å². The fourth-order valence-electron chi connectivity index (χ4n) is 1.24. The van der Waals surface area contributed by atoms with Gasteiger partial charge in [-0.1, -0.05) is 6.92 Å². The molecule has 0 fully saturated rings. The second-order valence-corrected chi connectivity index (χ2v) is 4.88. The SMILES string of the molecule is CCCNC1=Nc2cnncc2S(=O)(=O)N1. The molecule has 2 rings (SSSR count). The summed E-state index contributed by atoms with van der Waals surface area (Å²) in [4.78, 5) is 4.14. The molecule has 0 atom stereocenters. The van der Waals surface area contributed by atoms with Crippen LogP contribution in [0.15, 0.2) is 22.3 Å². The van der Waals surface area contributed by atoms with E-state index in [9.17, 15) is 8.42 Å². The number of nitrogens with one attached hydrogen (secondary N) is 2. The minimum atomic E-state index is -3.57. The van der Waals surface area contributed by atoms with Crippen molar-refractivity contribution < 1.29 is 8.42 Å². The van der Waals surface area contributed by atoms with Crippen LogP contribution in [0.25, 0.3) is 0 Å². The molecule has 7 nitrogen and oxygen atoms in total. The van der Waals surface area contributed by atoms with Gasteiger partial charge in [0.05, 0.1) is 12.4 Å². The topological polar surface area (TPSA) is 96.3 Å². The van der Waals surface area contributed by atoms with Crippen molar-refractivity contribution in [3.8, 4) is 0 Å². The summed E-state index contributed by atoms with van der Waals surface area (Å²) >= 11 is 0. The maximum Gasteiger partial charge on any atom is 0.267 e. The van der Waals surface area contributed by atoms with E-state index < -0.39 is 10.0 Å². The maximum atomic E-state index is 11.7. The number of nitrogens with zero attached hydrogens (tertiary/aromatic N) is 3. The first-order valence-electron chi connectivity index (χ1n) is 4.79. The minimum absolute atomic E-state index is 0.0459. The summed E-state index contributed by atoms with van der Waals surface area (Å²) in [6, 6.07) is 0. The van der Waals surface area contributed by atoms with Gasteiger partial charge < -0.3 is 5.32 Å². The van der Waals surface area contributed by atoms with E-state index in [1.165, 1.54) is 12.4 Å². The Hall–Kier alpha value is -1.70. The van der Waals surface area contributed by atoms with E-state index in [0.29, 0.717) is 12.2 Å². The highest BCUT2D eigenvalue weighted by molar-refractivity contribution is 7.90. The van der Waals surface area contributed by atoms with Crippen LogP contribution in [0.3, 0.4) is 0 Å². The fourth-order valence-corrected chi connectivity index (χ4v) is 2.28. The molecule has 1 aliphatic rings. The molecule has 0 aromatic carbocycles. The van der Waals surface area contributed by atoms with Crippen molar-refractivity contribution in [2.24, 2.45) is 4.99 Å². The van der Waals surface area contributed by atoms with Crippen LogP contribution in [-0.4, -0.2) is 31.1 Å². The van der Waals surface area contributed by atoms with Crippen LogP contribution in [0.2, 0.25) is 0 Å². The Labute approximate surface area is 93.0 Å². The van der Waals surface area contributed by atoms with Gasteiger partial charge in [-0.25, -0.2) is 18.1 Å². The van der Waals surface area contributed by atoms with Gasteiger partial charge in [0.2, 0.25) is 5.96 Å². The minimum Gasteiger partial charge on any atom is -0.355 e. The molecule has 0 radical (unpaired) electrons. The molecule has 16 heavy (non-hydrogen) atoms. The largest absolute Gasteiger partial charge is 0.355 e. The van der Waals surface area contributed by atoms with Gasteiger partial charge in [0.1, 0.15) is 10.6 Å². The summed E-state index contributed by atoms with van der Waals surface area (Å²) in [5.74, 6) is 0.224. The van der Waals surface area contributed by atoms with Crippen LogP contribution < -0.4 is 10.0 Å². The number of guanidine groups is 1. The van der Waals surface area contributed by atoms with Gasteiger partial charge in [-0.15, -0.1) is 0 Å². The third kappa shape index (κ3) is 1.96. The monoisotopic (exact) mass is 241 g/mol. The average Bonchev–Trinajstić information content (AvgIpc) is 2.25. The molecule has 0 saturated heterocycles. The molecule has 1 aromatic rings. The predicted octanol–water partition coefficient (Wildman–Crippen LogP) is -0.244. The van der Waals surface area contributed by atoms with E-state index in [1.54, 1.807) is 0 Å². The summed E-state index contributed by atoms with van der Waals surface area (Å²) in [7, 11) is -3.57. The Balaban J connectivity index is 2.40. The van der Waals surface area contributed by atoms with Crippen LogP contribution in [0.5, 0.6) is 0 Å². The molecule has 0 aliphatic carbocycles. The van der Waals surface area contributed by atoms with Gasteiger partial charge >= 0.3 is 0 Å². The zero-order valence-corrected chi connectivity index (χ0v) is 9.45. The number of hydrogen-bond donors (Lipinski definition) is 2. The van der Waals surface area contributed by atoms with Gasteiger partial charge in [-0.2, -0.15) is 10.2 Å². The van der Waals surface area contributed by atoms with E-state index in [-0.39, 0.29) is 10.9 Å². The zero-order chi connectivity index (χ0) is 11.6. The van der Waals surface area contributed by atoms with Crippen molar-refractivity contribution in [1.29, 1.82) is 0 Å². The van der Waals surface area contributed by atoms with Crippen molar-refractivity contribution in [2.45, 2.75) is 18.2 Å². The standard InChI is InChI=1S/C8H11N5O2S/c1-2-3-9-8-12-6-4-10-11-5-7(6)16(14,15)13-8/h4-5H,2-3H2,1H3,(H2,9,12,13). The molecule has 0 bridgehead atoms. The molecule has 1 aromatic heterocycles. The summed E-state index contributed by atoms with van der Waals surface area (Å²) in [5.41, 5.74) is 0.298. The van der Waals surface area contributed by atoms with Crippen LogP contribution >= 0.6 is 0 Å². The molecule has 0 amide bonds. The molecular formula is C8H11N5O2S. The van der Waals surface area contributed by atoms with Crippen LogP contribution in [0.4, 0.5) is 5.69 Å². The average molecular weight is 241 g/mol. The molecule has 0 unspecified atom stereocenters. The van der Waals surface area contributed by atoms with Crippen molar-refractivity contribution in [2.75, 3.05) is 6.54 Å². The van der Waals surface area contributed by atoms with E-state index in [1.807, 2.05) is 6.92 Å².